The molecule has 1 aliphatic carbocycles. The minimum atomic E-state index is -0.398. The van der Waals surface area contributed by atoms with Crippen molar-refractivity contribution in [2.24, 2.45) is 17.3 Å². The Labute approximate surface area is 191 Å². The van der Waals surface area contributed by atoms with Gasteiger partial charge in [0.2, 0.25) is 5.91 Å². The highest BCUT2D eigenvalue weighted by Crippen LogP contribution is 2.42. The summed E-state index contributed by atoms with van der Waals surface area (Å²) in [7, 11) is 1.39. The summed E-state index contributed by atoms with van der Waals surface area (Å²) in [6.07, 6.45) is 10.4. The quantitative estimate of drug-likeness (QED) is 0.310. The molecule has 2 heterocycles. The second kappa shape index (κ2) is 10.0. The molecule has 1 aliphatic heterocycles. The molecule has 1 aromatic rings. The predicted molar refractivity (Wildman–Crippen MR) is 127 cm³/mol. The zero-order valence-electron chi connectivity index (χ0n) is 19.3. The normalized spacial score (nSPS) is 22.6. The summed E-state index contributed by atoms with van der Waals surface area (Å²) in [4.78, 5) is 29.5. The number of allylic oxidation sites excluding steroid dienone is 1. The van der Waals surface area contributed by atoms with Gasteiger partial charge in [-0.2, -0.15) is 0 Å². The molecule has 1 aromatic heterocycles. The van der Waals surface area contributed by atoms with Gasteiger partial charge in [-0.1, -0.05) is 37.2 Å². The number of carbonyl (C=O) groups excluding carboxylic acids is 2. The third-order valence-corrected chi connectivity index (χ3v) is 7.30. The summed E-state index contributed by atoms with van der Waals surface area (Å²) in [5, 5.41) is 0. The van der Waals surface area contributed by atoms with Crippen LogP contribution in [-0.2, 0) is 9.53 Å². The molecule has 2 atom stereocenters. The molecule has 0 N–H and O–H groups in total. The van der Waals surface area contributed by atoms with Crippen molar-refractivity contribution >= 4 is 28.9 Å². The van der Waals surface area contributed by atoms with Crippen LogP contribution < -0.4 is 4.90 Å². The van der Waals surface area contributed by atoms with E-state index < -0.39 is 5.97 Å². The fraction of sp³-hybridized carbons (Fsp3) is 0.615. The van der Waals surface area contributed by atoms with Gasteiger partial charge < -0.3 is 9.64 Å². The van der Waals surface area contributed by atoms with Gasteiger partial charge in [-0.25, -0.2) is 4.79 Å². The van der Waals surface area contributed by atoms with Gasteiger partial charge >= 0.3 is 5.97 Å². The van der Waals surface area contributed by atoms with Gasteiger partial charge in [0.15, 0.2) is 0 Å². The van der Waals surface area contributed by atoms with E-state index in [2.05, 4.69) is 39.2 Å². The molecule has 2 fully saturated rings. The maximum atomic E-state index is 13.7. The molecular weight excluding hydrogens is 406 g/mol. The van der Waals surface area contributed by atoms with Crippen molar-refractivity contribution in [1.29, 1.82) is 0 Å². The van der Waals surface area contributed by atoms with Crippen LogP contribution in [0.4, 0.5) is 5.69 Å². The lowest BCUT2D eigenvalue weighted by molar-refractivity contribution is -0.125. The van der Waals surface area contributed by atoms with E-state index in [0.29, 0.717) is 22.9 Å². The minimum absolute atomic E-state index is 0.0770. The van der Waals surface area contributed by atoms with Crippen molar-refractivity contribution in [1.82, 2.24) is 0 Å². The number of piperidine rings is 1. The fourth-order valence-corrected chi connectivity index (χ4v) is 5.70. The summed E-state index contributed by atoms with van der Waals surface area (Å²) in [6.45, 7) is 10.0. The van der Waals surface area contributed by atoms with Crippen molar-refractivity contribution in [3.63, 3.8) is 0 Å². The zero-order valence-corrected chi connectivity index (χ0v) is 20.1. The Hall–Kier alpha value is -2.06. The third kappa shape index (κ3) is 5.60. The van der Waals surface area contributed by atoms with Crippen LogP contribution in [0.2, 0.25) is 0 Å². The Morgan fingerprint density at radius 1 is 1.26 bits per heavy atom. The Morgan fingerprint density at radius 2 is 1.97 bits per heavy atom. The number of nitrogens with zero attached hydrogens (tertiary/aromatic N) is 1. The molecule has 1 saturated heterocycles. The molecular formula is C26H35NO3S. The van der Waals surface area contributed by atoms with E-state index in [1.807, 2.05) is 17.0 Å². The number of rotatable bonds is 5. The predicted octanol–water partition coefficient (Wildman–Crippen LogP) is 6.20. The standard InChI is InChI=1S/C26H35NO3S/c1-6-10-19-13-14-21(18-11-8-7-9-12-18)27(24(19)28)22-17-20(15-16-26(2,3)4)31-23(22)25(29)30-5/h6,17-19,21H,1,7-14H2,2-5H3. The van der Waals surface area contributed by atoms with Crippen molar-refractivity contribution in [2.75, 3.05) is 12.0 Å². The first-order valence-corrected chi connectivity index (χ1v) is 12.3. The number of carbonyl (C=O) groups is 2. The molecule has 5 heteroatoms. The molecule has 31 heavy (non-hydrogen) atoms. The van der Waals surface area contributed by atoms with Crippen LogP contribution in [0.15, 0.2) is 18.7 Å². The first-order chi connectivity index (χ1) is 14.7. The van der Waals surface area contributed by atoms with Gasteiger partial charge in [-0.05, 0) is 64.9 Å². The lowest BCUT2D eigenvalue weighted by Gasteiger charge is -2.44. The molecule has 168 valence electrons. The number of esters is 1. The molecule has 0 aromatic carbocycles. The third-order valence-electron chi connectivity index (χ3n) is 6.28. The maximum absolute atomic E-state index is 13.7. The number of anilines is 1. The van der Waals surface area contributed by atoms with Gasteiger partial charge in [0, 0.05) is 17.4 Å². The number of methoxy groups -OCH3 is 1. The van der Waals surface area contributed by atoms with E-state index in [-0.39, 0.29) is 23.3 Å². The van der Waals surface area contributed by atoms with E-state index >= 15 is 0 Å². The molecule has 0 spiro atoms. The Morgan fingerprint density at radius 3 is 2.58 bits per heavy atom. The average Bonchev–Trinajstić information content (AvgIpc) is 3.17. The summed E-state index contributed by atoms with van der Waals surface area (Å²) in [6, 6.07) is 2.06. The van der Waals surface area contributed by atoms with E-state index in [1.165, 1.54) is 37.7 Å². The van der Waals surface area contributed by atoms with E-state index in [0.717, 1.165) is 30.6 Å². The lowest BCUT2D eigenvalue weighted by atomic mass is 9.77. The minimum Gasteiger partial charge on any atom is -0.465 e. The molecule has 0 bridgehead atoms. The number of amides is 1. The van der Waals surface area contributed by atoms with Crippen LogP contribution in [-0.4, -0.2) is 25.0 Å². The molecule has 1 amide bonds. The number of hydrogen-bond acceptors (Lipinski definition) is 4. The first-order valence-electron chi connectivity index (χ1n) is 11.4. The molecule has 0 radical (unpaired) electrons. The number of thiophene rings is 1. The topological polar surface area (TPSA) is 46.6 Å². The molecule has 2 unspecified atom stereocenters. The van der Waals surface area contributed by atoms with Crippen LogP contribution in [0.1, 0.15) is 86.7 Å². The van der Waals surface area contributed by atoms with Crippen molar-refractivity contribution in [2.45, 2.75) is 78.2 Å². The summed E-state index contributed by atoms with van der Waals surface area (Å²) in [5.74, 6) is 6.58. The average molecular weight is 442 g/mol. The van der Waals surface area contributed by atoms with Gasteiger partial charge in [-0.15, -0.1) is 17.9 Å². The van der Waals surface area contributed by atoms with Crippen LogP contribution in [0.25, 0.3) is 0 Å². The van der Waals surface area contributed by atoms with Gasteiger partial charge in [0.25, 0.3) is 0 Å². The summed E-state index contributed by atoms with van der Waals surface area (Å²) in [5.41, 5.74) is 0.542. The molecule has 4 nitrogen and oxygen atoms in total. The first kappa shape index (κ1) is 23.6. The van der Waals surface area contributed by atoms with Gasteiger partial charge in [0.05, 0.1) is 17.7 Å². The van der Waals surface area contributed by atoms with Crippen LogP contribution in [0.5, 0.6) is 0 Å². The fourth-order valence-electron chi connectivity index (χ4n) is 4.78. The smallest absolute Gasteiger partial charge is 0.350 e. The van der Waals surface area contributed by atoms with Gasteiger partial charge in [-0.3, -0.25) is 4.79 Å². The van der Waals surface area contributed by atoms with Crippen LogP contribution >= 0.6 is 11.3 Å². The van der Waals surface area contributed by atoms with Gasteiger partial charge in [0.1, 0.15) is 4.88 Å². The molecule has 3 rings (SSSR count). The van der Waals surface area contributed by atoms with Crippen molar-refractivity contribution in [3.8, 4) is 11.8 Å². The Kier molecular flexibility index (Phi) is 7.64. The second-order valence-corrected chi connectivity index (χ2v) is 10.8. The SMILES string of the molecule is C=CCC1CCC(C2CCCCC2)N(c2cc(C#CC(C)(C)C)sc2C(=O)OC)C1=O. The highest BCUT2D eigenvalue weighted by atomic mass is 32.1. The van der Waals surface area contributed by atoms with Crippen LogP contribution in [0.3, 0.4) is 0 Å². The number of hydrogen-bond donors (Lipinski definition) is 0. The number of ether oxygens (including phenoxy) is 1. The van der Waals surface area contributed by atoms with Crippen molar-refractivity contribution < 1.29 is 14.3 Å². The van der Waals surface area contributed by atoms with Crippen molar-refractivity contribution in [3.05, 3.63) is 28.5 Å². The monoisotopic (exact) mass is 441 g/mol. The van der Waals surface area contributed by atoms with E-state index in [9.17, 15) is 9.59 Å². The summed E-state index contributed by atoms with van der Waals surface area (Å²) >= 11 is 1.33. The molecule has 1 saturated carbocycles. The van der Waals surface area contributed by atoms with E-state index in [1.54, 1.807) is 0 Å². The second-order valence-electron chi connectivity index (χ2n) is 9.79. The Bertz CT molecular complexity index is 877. The zero-order chi connectivity index (χ0) is 22.6. The highest BCUT2D eigenvalue weighted by Gasteiger charge is 2.41. The van der Waals surface area contributed by atoms with Crippen LogP contribution in [0, 0.1) is 29.1 Å². The lowest BCUT2D eigenvalue weighted by Crippen LogP contribution is -2.52. The summed E-state index contributed by atoms with van der Waals surface area (Å²) < 4.78 is 5.09. The molecule has 2 aliphatic rings. The highest BCUT2D eigenvalue weighted by molar-refractivity contribution is 7.15. The largest absolute Gasteiger partial charge is 0.465 e. The maximum Gasteiger partial charge on any atom is 0.350 e. The Balaban J connectivity index is 2.06. The van der Waals surface area contributed by atoms with E-state index in [4.69, 9.17) is 4.74 Å².